The minimum absolute atomic E-state index is 0.0644. The molecule has 0 spiro atoms. The molecule has 3 rings (SSSR count). The van der Waals surface area contributed by atoms with Gasteiger partial charge in [0, 0.05) is 20.6 Å². The van der Waals surface area contributed by atoms with Crippen LogP contribution in [0.15, 0.2) is 34.9 Å². The van der Waals surface area contributed by atoms with Crippen molar-refractivity contribution in [3.63, 3.8) is 0 Å². The number of likely N-dealkylation sites (tertiary alicyclic amines) is 1. The molecule has 1 aromatic heterocycles. The minimum Gasteiger partial charge on any atom is -0.444 e. The number of benzene rings is 1. The van der Waals surface area contributed by atoms with Crippen LogP contribution in [0.4, 0.5) is 0 Å². The maximum absolute atomic E-state index is 12.2. The molecule has 1 aromatic carbocycles. The molecule has 1 aliphatic rings. The number of oxazole rings is 1. The van der Waals surface area contributed by atoms with Crippen molar-refractivity contribution in [2.75, 3.05) is 20.6 Å². The number of halogens is 1. The number of rotatable bonds is 4. The van der Waals surface area contributed by atoms with E-state index in [1.807, 2.05) is 24.3 Å². The molecule has 1 saturated heterocycles. The van der Waals surface area contributed by atoms with Gasteiger partial charge in [0.25, 0.3) is 0 Å². The van der Waals surface area contributed by atoms with E-state index in [0.717, 1.165) is 30.6 Å². The topological polar surface area (TPSA) is 49.6 Å². The zero-order chi connectivity index (χ0) is 16.4. The van der Waals surface area contributed by atoms with Crippen LogP contribution in [0.3, 0.4) is 0 Å². The number of amides is 1. The van der Waals surface area contributed by atoms with Crippen LogP contribution < -0.4 is 0 Å². The summed E-state index contributed by atoms with van der Waals surface area (Å²) < 4.78 is 5.57. The van der Waals surface area contributed by atoms with Crippen molar-refractivity contribution in [2.45, 2.75) is 25.4 Å². The number of aromatic nitrogens is 1. The average Bonchev–Trinajstić information content (AvgIpc) is 3.17. The third-order valence-corrected chi connectivity index (χ3v) is 4.44. The highest BCUT2D eigenvalue weighted by atomic mass is 35.5. The van der Waals surface area contributed by atoms with E-state index >= 15 is 0 Å². The number of hydrogen-bond acceptors (Lipinski definition) is 4. The molecule has 5 nitrogen and oxygen atoms in total. The fourth-order valence-electron chi connectivity index (χ4n) is 2.94. The van der Waals surface area contributed by atoms with E-state index in [4.69, 9.17) is 16.0 Å². The first kappa shape index (κ1) is 16.0. The number of carbonyl (C=O) groups excluding carboxylic acids is 1. The quantitative estimate of drug-likeness (QED) is 0.863. The number of hydrogen-bond donors (Lipinski definition) is 0. The molecule has 0 bridgehead atoms. The predicted octanol–water partition coefficient (Wildman–Crippen LogP) is 3.05. The zero-order valence-corrected chi connectivity index (χ0v) is 14.1. The van der Waals surface area contributed by atoms with Crippen molar-refractivity contribution < 1.29 is 9.21 Å². The van der Waals surface area contributed by atoms with Gasteiger partial charge in [0.1, 0.15) is 6.26 Å². The Hall–Kier alpha value is -1.85. The summed E-state index contributed by atoms with van der Waals surface area (Å²) in [6, 6.07) is 7.40. The van der Waals surface area contributed by atoms with Gasteiger partial charge in [0.05, 0.1) is 22.3 Å². The van der Waals surface area contributed by atoms with Gasteiger partial charge in [-0.2, -0.15) is 0 Å². The first-order chi connectivity index (χ1) is 11.1. The number of carbonyl (C=O) groups is 1. The summed E-state index contributed by atoms with van der Waals surface area (Å²) in [7, 11) is 3.59. The lowest BCUT2D eigenvalue weighted by Crippen LogP contribution is -2.42. The molecule has 2 heterocycles. The second-order valence-corrected chi connectivity index (χ2v) is 6.39. The van der Waals surface area contributed by atoms with Crippen molar-refractivity contribution in [1.29, 1.82) is 0 Å². The molecular weight excluding hydrogens is 314 g/mol. The van der Waals surface area contributed by atoms with Gasteiger partial charge in [-0.15, -0.1) is 0 Å². The summed E-state index contributed by atoms with van der Waals surface area (Å²) in [5, 5.41) is 0.614. The fraction of sp³-hybridized carbons (Fsp3) is 0.412. The molecule has 1 aliphatic heterocycles. The van der Waals surface area contributed by atoms with Crippen molar-refractivity contribution in [3.8, 4) is 11.5 Å². The van der Waals surface area contributed by atoms with E-state index in [0.29, 0.717) is 17.5 Å². The summed E-state index contributed by atoms with van der Waals surface area (Å²) in [5.41, 5.74) is 1.60. The molecule has 2 aromatic rings. The van der Waals surface area contributed by atoms with Crippen LogP contribution >= 0.6 is 11.6 Å². The third-order valence-electron chi connectivity index (χ3n) is 4.11. The van der Waals surface area contributed by atoms with Gasteiger partial charge < -0.3 is 9.32 Å². The molecule has 0 radical (unpaired) electrons. The Morgan fingerprint density at radius 1 is 1.43 bits per heavy atom. The molecule has 0 unspecified atom stereocenters. The van der Waals surface area contributed by atoms with E-state index in [2.05, 4.69) is 9.88 Å². The molecular formula is C17H20ClN3O2. The largest absolute Gasteiger partial charge is 0.444 e. The summed E-state index contributed by atoms with van der Waals surface area (Å²) in [6.45, 7) is 1.51. The Morgan fingerprint density at radius 3 is 2.96 bits per heavy atom. The second kappa shape index (κ2) is 6.72. The van der Waals surface area contributed by atoms with Crippen molar-refractivity contribution >= 4 is 17.5 Å². The Balaban J connectivity index is 1.74. The maximum atomic E-state index is 12.2. The van der Waals surface area contributed by atoms with Crippen LogP contribution in [-0.2, 0) is 11.3 Å². The number of likely N-dealkylation sites (N-methyl/N-ethyl adjacent to an activating group) is 1. The van der Waals surface area contributed by atoms with Crippen LogP contribution in [0.1, 0.15) is 18.5 Å². The van der Waals surface area contributed by atoms with Crippen LogP contribution in [-0.4, -0.2) is 47.4 Å². The predicted molar refractivity (Wildman–Crippen MR) is 89.1 cm³/mol. The Morgan fingerprint density at radius 2 is 2.22 bits per heavy atom. The van der Waals surface area contributed by atoms with E-state index < -0.39 is 0 Å². The Bertz CT molecular complexity index is 699. The molecule has 6 heteroatoms. The number of nitrogens with zero attached hydrogens (tertiary/aromatic N) is 3. The average molecular weight is 334 g/mol. The van der Waals surface area contributed by atoms with Gasteiger partial charge >= 0.3 is 0 Å². The highest BCUT2D eigenvalue weighted by molar-refractivity contribution is 6.33. The minimum atomic E-state index is -0.0644. The lowest BCUT2D eigenvalue weighted by molar-refractivity contribution is -0.133. The first-order valence-corrected chi connectivity index (χ1v) is 8.08. The molecule has 0 aliphatic carbocycles. The SMILES string of the molecule is CN(C)C(=O)[C@@H]1CCCN1Cc1coc(-c2ccccc2Cl)n1. The van der Waals surface area contributed by atoms with Gasteiger partial charge in [-0.3, -0.25) is 9.69 Å². The van der Waals surface area contributed by atoms with Gasteiger partial charge in [-0.05, 0) is 31.5 Å². The Kier molecular flexibility index (Phi) is 4.68. The van der Waals surface area contributed by atoms with Crippen LogP contribution in [0.5, 0.6) is 0 Å². The molecule has 1 amide bonds. The first-order valence-electron chi connectivity index (χ1n) is 7.71. The maximum Gasteiger partial charge on any atom is 0.239 e. The molecule has 0 saturated carbocycles. The summed E-state index contributed by atoms with van der Waals surface area (Å²) in [6.07, 6.45) is 3.57. The van der Waals surface area contributed by atoms with Crippen LogP contribution in [0.2, 0.25) is 5.02 Å². The normalized spacial score (nSPS) is 18.3. The zero-order valence-electron chi connectivity index (χ0n) is 13.3. The van der Waals surface area contributed by atoms with Gasteiger partial charge in [0.2, 0.25) is 11.8 Å². The van der Waals surface area contributed by atoms with Crippen molar-refractivity contribution in [1.82, 2.24) is 14.8 Å². The highest BCUT2D eigenvalue weighted by Crippen LogP contribution is 2.28. The van der Waals surface area contributed by atoms with E-state index in [-0.39, 0.29) is 11.9 Å². The lowest BCUT2D eigenvalue weighted by Gasteiger charge is -2.25. The van der Waals surface area contributed by atoms with E-state index in [1.54, 1.807) is 25.3 Å². The van der Waals surface area contributed by atoms with Crippen molar-refractivity contribution in [3.05, 3.63) is 41.2 Å². The van der Waals surface area contributed by atoms with Crippen molar-refractivity contribution in [2.24, 2.45) is 0 Å². The highest BCUT2D eigenvalue weighted by Gasteiger charge is 2.32. The van der Waals surface area contributed by atoms with Gasteiger partial charge in [-0.25, -0.2) is 4.98 Å². The lowest BCUT2D eigenvalue weighted by atomic mass is 10.2. The third kappa shape index (κ3) is 3.41. The van der Waals surface area contributed by atoms with Crippen LogP contribution in [0, 0.1) is 0 Å². The fourth-order valence-corrected chi connectivity index (χ4v) is 3.16. The summed E-state index contributed by atoms with van der Waals surface area (Å²) >= 11 is 6.18. The van der Waals surface area contributed by atoms with E-state index in [1.165, 1.54) is 0 Å². The molecule has 122 valence electrons. The molecule has 0 N–H and O–H groups in total. The standard InChI is InChI=1S/C17H20ClN3O2/c1-20(2)17(22)15-8-5-9-21(15)10-12-11-23-16(19-12)13-6-3-4-7-14(13)18/h3-4,6-7,11,15H,5,8-10H2,1-2H3/t15-/m0/s1. The molecule has 23 heavy (non-hydrogen) atoms. The second-order valence-electron chi connectivity index (χ2n) is 5.99. The van der Waals surface area contributed by atoms with Gasteiger partial charge in [-0.1, -0.05) is 23.7 Å². The summed E-state index contributed by atoms with van der Waals surface area (Å²) in [5.74, 6) is 0.664. The smallest absolute Gasteiger partial charge is 0.239 e. The molecule has 1 fully saturated rings. The van der Waals surface area contributed by atoms with Gasteiger partial charge in [0.15, 0.2) is 0 Å². The summed E-state index contributed by atoms with van der Waals surface area (Å²) in [4.78, 5) is 20.6. The van der Waals surface area contributed by atoms with Crippen LogP contribution in [0.25, 0.3) is 11.5 Å². The monoisotopic (exact) mass is 333 g/mol. The molecule has 1 atom stereocenters. The Labute approximate surface area is 140 Å². The van der Waals surface area contributed by atoms with E-state index in [9.17, 15) is 4.79 Å².